The van der Waals surface area contributed by atoms with Crippen molar-refractivity contribution in [2.75, 3.05) is 12.4 Å². The van der Waals surface area contributed by atoms with E-state index in [0.29, 0.717) is 28.3 Å². The summed E-state index contributed by atoms with van der Waals surface area (Å²) in [5.41, 5.74) is 0.469. The van der Waals surface area contributed by atoms with Gasteiger partial charge in [-0.1, -0.05) is 6.07 Å². The first-order chi connectivity index (χ1) is 6.79. The maximum atomic E-state index is 12.8. The van der Waals surface area contributed by atoms with Crippen molar-refractivity contribution in [3.05, 3.63) is 24.3 Å². The molecule has 0 spiro atoms. The molecule has 0 heterocycles. The van der Waals surface area contributed by atoms with Crippen molar-refractivity contribution in [3.8, 4) is 0 Å². The van der Waals surface area contributed by atoms with E-state index in [9.17, 15) is 17.2 Å². The van der Waals surface area contributed by atoms with Crippen LogP contribution < -0.4 is 5.32 Å². The number of nitrogens with one attached hydrogen (secondary N) is 1. The first-order valence-corrected chi connectivity index (χ1v) is 6.44. The number of anilines is 1. The van der Waals surface area contributed by atoms with Crippen molar-refractivity contribution in [1.82, 2.24) is 0 Å². The predicted molar refractivity (Wildman–Crippen MR) is 62.1 cm³/mol. The fraction of sp³-hybridized carbons (Fsp3) is 0.250. The Morgan fingerprint density at radius 2 is 2.00 bits per heavy atom. The number of benzene rings is 1. The molecular formula is C8H8F2INO2S. The molecule has 0 fully saturated rings. The number of alkyl halides is 3. The Morgan fingerprint density at radius 3 is 2.47 bits per heavy atom. The zero-order chi connectivity index (χ0) is 11.7. The van der Waals surface area contributed by atoms with Gasteiger partial charge in [-0.25, -0.2) is 8.42 Å². The molecule has 0 bridgehead atoms. The second-order valence-electron chi connectivity index (χ2n) is 2.73. The Balaban J connectivity index is 3.29. The van der Waals surface area contributed by atoms with Crippen LogP contribution in [0.5, 0.6) is 0 Å². The van der Waals surface area contributed by atoms with Crippen LogP contribution in [0.25, 0.3) is 0 Å². The summed E-state index contributed by atoms with van der Waals surface area (Å²) in [7, 11) is -3.02. The molecule has 0 aliphatic heterocycles. The number of hydrogen-bond acceptors (Lipinski definition) is 3. The fourth-order valence-electron chi connectivity index (χ4n) is 0.952. The van der Waals surface area contributed by atoms with E-state index in [-0.39, 0.29) is 0 Å². The monoisotopic (exact) mass is 347 g/mol. The molecule has 1 rings (SSSR count). The molecule has 0 aliphatic rings. The molecule has 1 N–H and O–H groups in total. The van der Waals surface area contributed by atoms with E-state index in [1.165, 1.54) is 12.1 Å². The molecule has 1 aromatic carbocycles. The highest BCUT2D eigenvalue weighted by molar-refractivity contribution is 14.1. The number of halogens is 3. The maximum Gasteiger partial charge on any atom is 0.398 e. The molecule has 15 heavy (non-hydrogen) atoms. The van der Waals surface area contributed by atoms with E-state index in [2.05, 4.69) is 5.32 Å². The molecule has 0 aromatic heterocycles. The van der Waals surface area contributed by atoms with Crippen molar-refractivity contribution in [2.45, 2.75) is 8.16 Å². The molecule has 0 saturated carbocycles. The van der Waals surface area contributed by atoms with Gasteiger partial charge in [-0.3, -0.25) is 0 Å². The Labute approximate surface area is 99.9 Å². The van der Waals surface area contributed by atoms with Crippen LogP contribution in [0, 0.1) is 0 Å². The number of rotatable bonds is 3. The van der Waals surface area contributed by atoms with E-state index in [4.69, 9.17) is 0 Å². The summed E-state index contributed by atoms with van der Waals surface area (Å²) in [5, 5.41) is 2.68. The summed E-state index contributed by atoms with van der Waals surface area (Å²) in [4.78, 5) is -0.395. The summed E-state index contributed by atoms with van der Waals surface area (Å²) in [5.74, 6) is 0. The first kappa shape index (κ1) is 12.6. The fourth-order valence-corrected chi connectivity index (χ4v) is 2.52. The van der Waals surface area contributed by atoms with E-state index in [1.54, 1.807) is 13.1 Å². The van der Waals surface area contributed by atoms with E-state index >= 15 is 0 Å². The molecular weight excluding hydrogens is 339 g/mol. The number of hydrogen-bond donors (Lipinski definition) is 1. The highest BCUT2D eigenvalue weighted by Crippen LogP contribution is 2.35. The SMILES string of the molecule is CNc1cccc(S(=O)(=O)C(F)(F)I)c1. The van der Waals surface area contributed by atoms with Gasteiger partial charge in [-0.05, 0) is 18.2 Å². The minimum absolute atomic E-state index is 0.395. The first-order valence-electron chi connectivity index (χ1n) is 3.88. The summed E-state index contributed by atoms with van der Waals surface area (Å²) >= 11 is 0.605. The Hall–Kier alpha value is -0.440. The third kappa shape index (κ3) is 2.57. The average molecular weight is 347 g/mol. The van der Waals surface area contributed by atoms with Crippen LogP contribution in [-0.2, 0) is 9.84 Å². The standard InChI is InChI=1S/C8H8F2INO2S/c1-12-6-3-2-4-7(5-6)15(13,14)8(9,10)11/h2-5,12H,1H3. The van der Waals surface area contributed by atoms with Gasteiger partial charge in [0.2, 0.25) is 0 Å². The van der Waals surface area contributed by atoms with Crippen LogP contribution in [0.15, 0.2) is 29.2 Å². The smallest absolute Gasteiger partial charge is 0.388 e. The zero-order valence-electron chi connectivity index (χ0n) is 7.67. The van der Waals surface area contributed by atoms with Crippen molar-refractivity contribution in [3.63, 3.8) is 0 Å². The van der Waals surface area contributed by atoms with Crippen LogP contribution >= 0.6 is 22.6 Å². The number of sulfone groups is 1. The van der Waals surface area contributed by atoms with E-state index < -0.39 is 18.0 Å². The van der Waals surface area contributed by atoms with Gasteiger partial charge in [-0.15, -0.1) is 0 Å². The van der Waals surface area contributed by atoms with Crippen LogP contribution in [-0.4, -0.2) is 18.7 Å². The van der Waals surface area contributed by atoms with Crippen LogP contribution in [0.1, 0.15) is 0 Å². The molecule has 0 aliphatic carbocycles. The van der Waals surface area contributed by atoms with E-state index in [0.717, 1.165) is 6.07 Å². The second-order valence-corrected chi connectivity index (χ2v) is 6.80. The zero-order valence-corrected chi connectivity index (χ0v) is 10.6. The normalized spacial score (nSPS) is 12.5. The van der Waals surface area contributed by atoms with Gasteiger partial charge in [0.25, 0.3) is 9.84 Å². The summed E-state index contributed by atoms with van der Waals surface area (Å²) in [6.07, 6.45) is 0. The van der Waals surface area contributed by atoms with Crippen LogP contribution in [0.3, 0.4) is 0 Å². The van der Waals surface area contributed by atoms with Crippen molar-refractivity contribution >= 4 is 38.1 Å². The highest BCUT2D eigenvalue weighted by Gasteiger charge is 2.43. The van der Waals surface area contributed by atoms with Crippen LogP contribution in [0.4, 0.5) is 14.5 Å². The maximum absolute atomic E-state index is 12.8. The predicted octanol–water partition coefficient (Wildman–Crippen LogP) is 2.49. The molecule has 7 heteroatoms. The van der Waals surface area contributed by atoms with Gasteiger partial charge >= 0.3 is 3.26 Å². The summed E-state index contributed by atoms with van der Waals surface area (Å²) in [6, 6.07) is 5.30. The van der Waals surface area contributed by atoms with Gasteiger partial charge in [-0.2, -0.15) is 8.78 Å². The van der Waals surface area contributed by atoms with Crippen molar-refractivity contribution in [1.29, 1.82) is 0 Å². The Kier molecular flexibility index (Phi) is 3.54. The van der Waals surface area contributed by atoms with Gasteiger partial charge < -0.3 is 5.32 Å². The molecule has 0 atom stereocenters. The van der Waals surface area contributed by atoms with Gasteiger partial charge in [0.15, 0.2) is 0 Å². The molecule has 0 radical (unpaired) electrons. The molecule has 0 saturated heterocycles. The third-order valence-electron chi connectivity index (χ3n) is 1.74. The lowest BCUT2D eigenvalue weighted by atomic mass is 10.3. The highest BCUT2D eigenvalue weighted by atomic mass is 127. The second kappa shape index (κ2) is 4.20. The molecule has 0 unspecified atom stereocenters. The van der Waals surface area contributed by atoms with Gasteiger partial charge in [0.05, 0.1) is 4.90 Å². The minimum Gasteiger partial charge on any atom is -0.388 e. The van der Waals surface area contributed by atoms with Gasteiger partial charge in [0.1, 0.15) is 0 Å². The lowest BCUT2D eigenvalue weighted by Crippen LogP contribution is -2.21. The Bertz CT molecular complexity index is 456. The van der Waals surface area contributed by atoms with Crippen LogP contribution in [0.2, 0.25) is 0 Å². The third-order valence-corrected chi connectivity index (χ3v) is 4.96. The van der Waals surface area contributed by atoms with Crippen molar-refractivity contribution < 1.29 is 17.2 Å². The van der Waals surface area contributed by atoms with E-state index in [1.807, 2.05) is 0 Å². The minimum atomic E-state index is -4.60. The lowest BCUT2D eigenvalue weighted by molar-refractivity contribution is 0.215. The summed E-state index contributed by atoms with van der Waals surface area (Å²) in [6.45, 7) is 0. The average Bonchev–Trinajstić information content (AvgIpc) is 2.16. The molecule has 84 valence electrons. The molecule has 1 aromatic rings. The lowest BCUT2D eigenvalue weighted by Gasteiger charge is -2.10. The van der Waals surface area contributed by atoms with Crippen molar-refractivity contribution in [2.24, 2.45) is 0 Å². The largest absolute Gasteiger partial charge is 0.398 e. The quantitative estimate of drug-likeness (QED) is 0.675. The molecule has 3 nitrogen and oxygen atoms in total. The summed E-state index contributed by atoms with van der Waals surface area (Å²) < 4.78 is 44.5. The molecule has 0 amide bonds. The topological polar surface area (TPSA) is 46.2 Å². The Morgan fingerprint density at radius 1 is 1.40 bits per heavy atom. The van der Waals surface area contributed by atoms with Gasteiger partial charge in [0, 0.05) is 35.3 Å².